The van der Waals surface area contributed by atoms with Gasteiger partial charge in [0.05, 0.1) is 5.76 Å². The van der Waals surface area contributed by atoms with Crippen molar-refractivity contribution >= 4 is 0 Å². The van der Waals surface area contributed by atoms with Crippen molar-refractivity contribution < 1.29 is 4.74 Å². The maximum Gasteiger partial charge on any atom is 0.113 e. The van der Waals surface area contributed by atoms with Crippen LogP contribution in [0.15, 0.2) is 23.5 Å². The van der Waals surface area contributed by atoms with Crippen LogP contribution in [-0.2, 0) is 4.74 Å². The van der Waals surface area contributed by atoms with Crippen LogP contribution < -0.4 is 5.73 Å². The first-order valence-electron chi connectivity index (χ1n) is 5.04. The summed E-state index contributed by atoms with van der Waals surface area (Å²) in [6.45, 7) is 11.9. The Bertz CT molecular complexity index is 233. The van der Waals surface area contributed by atoms with Gasteiger partial charge in [-0.25, -0.2) is 0 Å². The quantitative estimate of drug-likeness (QED) is 0.555. The Morgan fingerprint density at radius 1 is 1.36 bits per heavy atom. The summed E-state index contributed by atoms with van der Waals surface area (Å²) in [7, 11) is 0. The maximum atomic E-state index is 5.92. The van der Waals surface area contributed by atoms with Crippen molar-refractivity contribution in [2.45, 2.75) is 53.2 Å². The molecule has 2 heteroatoms. The fourth-order valence-corrected chi connectivity index (χ4v) is 0.869. The molecule has 0 saturated heterocycles. The van der Waals surface area contributed by atoms with Gasteiger partial charge in [0.25, 0.3) is 0 Å². The lowest BCUT2D eigenvalue weighted by Crippen LogP contribution is -2.44. The third-order valence-electron chi connectivity index (χ3n) is 2.30. The minimum Gasteiger partial charge on any atom is -0.493 e. The predicted octanol–water partition coefficient (Wildman–Crippen LogP) is 3.00. The van der Waals surface area contributed by atoms with Gasteiger partial charge in [0.15, 0.2) is 0 Å². The van der Waals surface area contributed by atoms with E-state index in [0.29, 0.717) is 0 Å². The first kappa shape index (κ1) is 13.2. The van der Waals surface area contributed by atoms with E-state index in [1.165, 1.54) is 5.57 Å². The molecule has 0 bridgehead atoms. The standard InChI is InChI=1S/C12H23NO/c1-7-9(2)8-10(3)14-11(4)12(5,6)13/h7-8,11H,13H2,1-6H3. The first-order valence-corrected chi connectivity index (χ1v) is 5.04. The molecule has 0 spiro atoms. The number of ether oxygens (including phenoxy) is 1. The average molecular weight is 197 g/mol. The lowest BCUT2D eigenvalue weighted by molar-refractivity contribution is 0.0767. The minimum atomic E-state index is -0.307. The van der Waals surface area contributed by atoms with E-state index in [9.17, 15) is 0 Å². The van der Waals surface area contributed by atoms with Crippen molar-refractivity contribution in [1.82, 2.24) is 0 Å². The lowest BCUT2D eigenvalue weighted by Gasteiger charge is -2.28. The molecule has 1 unspecified atom stereocenters. The molecule has 1 atom stereocenters. The summed E-state index contributed by atoms with van der Waals surface area (Å²) in [4.78, 5) is 0. The van der Waals surface area contributed by atoms with E-state index in [1.807, 2.05) is 53.7 Å². The molecule has 2 N–H and O–H groups in total. The van der Waals surface area contributed by atoms with E-state index in [-0.39, 0.29) is 11.6 Å². The molecule has 0 aromatic rings. The highest BCUT2D eigenvalue weighted by Crippen LogP contribution is 2.13. The second kappa shape index (κ2) is 5.20. The monoisotopic (exact) mass is 197 g/mol. The van der Waals surface area contributed by atoms with Crippen LogP contribution in [0, 0.1) is 0 Å². The second-order valence-corrected chi connectivity index (χ2v) is 4.37. The van der Waals surface area contributed by atoms with E-state index in [4.69, 9.17) is 10.5 Å². The normalized spacial score (nSPS) is 16.8. The van der Waals surface area contributed by atoms with Crippen LogP contribution in [-0.4, -0.2) is 11.6 Å². The van der Waals surface area contributed by atoms with Crippen molar-refractivity contribution in [3.8, 4) is 0 Å². The zero-order valence-electron chi connectivity index (χ0n) is 10.2. The number of nitrogens with two attached hydrogens (primary N) is 1. The van der Waals surface area contributed by atoms with Gasteiger partial charge in [-0.2, -0.15) is 0 Å². The smallest absolute Gasteiger partial charge is 0.113 e. The van der Waals surface area contributed by atoms with Crippen LogP contribution in [0.25, 0.3) is 0 Å². The van der Waals surface area contributed by atoms with Gasteiger partial charge in [0.1, 0.15) is 6.10 Å². The third-order valence-corrected chi connectivity index (χ3v) is 2.30. The minimum absolute atomic E-state index is 0.0170. The zero-order valence-corrected chi connectivity index (χ0v) is 10.2. The molecule has 0 aliphatic heterocycles. The molecular weight excluding hydrogens is 174 g/mol. The van der Waals surface area contributed by atoms with Crippen molar-refractivity contribution in [2.24, 2.45) is 5.73 Å². The SMILES string of the molecule is CC=C(C)C=C(C)OC(C)C(C)(C)N. The first-order chi connectivity index (χ1) is 6.27. The van der Waals surface area contributed by atoms with Crippen molar-refractivity contribution in [3.05, 3.63) is 23.5 Å². The molecule has 82 valence electrons. The molecule has 0 aliphatic rings. The van der Waals surface area contributed by atoms with E-state index >= 15 is 0 Å². The molecule has 0 rings (SSSR count). The molecule has 0 saturated carbocycles. The molecule has 0 aromatic carbocycles. The van der Waals surface area contributed by atoms with Crippen LogP contribution in [0.3, 0.4) is 0 Å². The van der Waals surface area contributed by atoms with Gasteiger partial charge in [-0.05, 0) is 47.6 Å². The predicted molar refractivity (Wildman–Crippen MR) is 62.0 cm³/mol. The lowest BCUT2D eigenvalue weighted by atomic mass is 10.0. The molecule has 2 nitrogen and oxygen atoms in total. The number of hydrogen-bond donors (Lipinski definition) is 1. The Kier molecular flexibility index (Phi) is 4.92. The van der Waals surface area contributed by atoms with Gasteiger partial charge >= 0.3 is 0 Å². The van der Waals surface area contributed by atoms with E-state index in [1.54, 1.807) is 0 Å². The molecule has 0 fully saturated rings. The second-order valence-electron chi connectivity index (χ2n) is 4.37. The summed E-state index contributed by atoms with van der Waals surface area (Å²) in [6, 6.07) is 0. The van der Waals surface area contributed by atoms with Gasteiger partial charge in [-0.15, -0.1) is 0 Å². The molecule has 0 heterocycles. The molecule has 0 aromatic heterocycles. The van der Waals surface area contributed by atoms with E-state index < -0.39 is 0 Å². The van der Waals surface area contributed by atoms with Crippen molar-refractivity contribution in [1.29, 1.82) is 0 Å². The Balaban J connectivity index is 4.33. The highest BCUT2D eigenvalue weighted by Gasteiger charge is 2.21. The van der Waals surface area contributed by atoms with Gasteiger partial charge in [0, 0.05) is 5.54 Å². The maximum absolute atomic E-state index is 5.92. The zero-order chi connectivity index (χ0) is 11.4. The number of hydrogen-bond acceptors (Lipinski definition) is 2. The van der Waals surface area contributed by atoms with Crippen LogP contribution in [0.2, 0.25) is 0 Å². The van der Waals surface area contributed by atoms with Gasteiger partial charge in [0.2, 0.25) is 0 Å². The number of allylic oxidation sites excluding steroid dienone is 4. The topological polar surface area (TPSA) is 35.2 Å². The highest BCUT2D eigenvalue weighted by molar-refractivity contribution is 5.17. The summed E-state index contributed by atoms with van der Waals surface area (Å²) in [6.07, 6.45) is 4.08. The summed E-state index contributed by atoms with van der Waals surface area (Å²) in [5.74, 6) is 0.909. The van der Waals surface area contributed by atoms with Crippen LogP contribution >= 0.6 is 0 Å². The van der Waals surface area contributed by atoms with Gasteiger partial charge in [-0.3, -0.25) is 0 Å². The van der Waals surface area contributed by atoms with Crippen LogP contribution in [0.5, 0.6) is 0 Å². The Morgan fingerprint density at radius 3 is 2.21 bits per heavy atom. The number of rotatable bonds is 4. The summed E-state index contributed by atoms with van der Waals surface area (Å²) < 4.78 is 5.68. The summed E-state index contributed by atoms with van der Waals surface area (Å²) in [5, 5.41) is 0. The fourth-order valence-electron chi connectivity index (χ4n) is 0.869. The Hall–Kier alpha value is -0.760. The van der Waals surface area contributed by atoms with Crippen molar-refractivity contribution in [3.63, 3.8) is 0 Å². The van der Waals surface area contributed by atoms with Gasteiger partial charge in [-0.1, -0.05) is 11.6 Å². The van der Waals surface area contributed by atoms with Crippen LogP contribution in [0.4, 0.5) is 0 Å². The molecular formula is C12H23NO. The Morgan fingerprint density at radius 2 is 1.86 bits per heavy atom. The van der Waals surface area contributed by atoms with E-state index in [2.05, 4.69) is 0 Å². The molecule has 0 amide bonds. The molecule has 14 heavy (non-hydrogen) atoms. The Labute approximate surface area is 87.8 Å². The fraction of sp³-hybridized carbons (Fsp3) is 0.667. The molecule has 0 aliphatic carbocycles. The summed E-state index contributed by atoms with van der Waals surface area (Å²) in [5.41, 5.74) is 6.82. The molecule has 0 radical (unpaired) electrons. The van der Waals surface area contributed by atoms with E-state index in [0.717, 1.165) is 5.76 Å². The average Bonchev–Trinajstić information content (AvgIpc) is 2.02. The highest BCUT2D eigenvalue weighted by atomic mass is 16.5. The third kappa shape index (κ3) is 5.07. The largest absolute Gasteiger partial charge is 0.493 e. The van der Waals surface area contributed by atoms with Crippen molar-refractivity contribution in [2.75, 3.05) is 0 Å². The summed E-state index contributed by atoms with van der Waals surface area (Å²) >= 11 is 0. The van der Waals surface area contributed by atoms with Gasteiger partial charge < -0.3 is 10.5 Å². The van der Waals surface area contributed by atoms with Crippen LogP contribution in [0.1, 0.15) is 41.5 Å².